The zero-order chi connectivity index (χ0) is 28.7. The monoisotopic (exact) mass is 570 g/mol. The van der Waals surface area contributed by atoms with Crippen LogP contribution in [0.2, 0.25) is 0 Å². The van der Waals surface area contributed by atoms with Crippen LogP contribution in [0.15, 0.2) is 81.2 Å². The molecule has 0 saturated carbocycles. The Hall–Kier alpha value is -4.55. The zero-order valence-corrected chi connectivity index (χ0v) is 23.9. The number of benzene rings is 1. The molecular formula is C29H30N8O3S. The Morgan fingerprint density at radius 2 is 2.05 bits per heavy atom. The van der Waals surface area contributed by atoms with E-state index in [9.17, 15) is 9.00 Å². The summed E-state index contributed by atoms with van der Waals surface area (Å²) in [5, 5.41) is 3.67. The molecule has 11 nitrogen and oxygen atoms in total. The molecule has 0 amide bonds. The molecule has 1 aromatic carbocycles. The average molecular weight is 571 g/mol. The first-order valence-electron chi connectivity index (χ1n) is 13.1. The van der Waals surface area contributed by atoms with E-state index < -0.39 is 9.73 Å². The van der Waals surface area contributed by atoms with Crippen LogP contribution in [-0.2, 0) is 29.2 Å². The molecule has 41 heavy (non-hydrogen) atoms. The Morgan fingerprint density at radius 1 is 1.20 bits per heavy atom. The number of pyridine rings is 1. The molecule has 1 aliphatic rings. The summed E-state index contributed by atoms with van der Waals surface area (Å²) in [6.07, 6.45) is 8.83. The summed E-state index contributed by atoms with van der Waals surface area (Å²) < 4.78 is 25.4. The van der Waals surface area contributed by atoms with Crippen LogP contribution in [0.5, 0.6) is 0 Å². The maximum atomic E-state index is 13.3. The van der Waals surface area contributed by atoms with Gasteiger partial charge in [0.25, 0.3) is 5.56 Å². The number of rotatable bonds is 7. The van der Waals surface area contributed by atoms with Crippen LogP contribution in [0.3, 0.4) is 0 Å². The molecule has 12 heteroatoms. The Labute approximate surface area is 237 Å². The van der Waals surface area contributed by atoms with Gasteiger partial charge in [0, 0.05) is 52.8 Å². The van der Waals surface area contributed by atoms with E-state index in [1.54, 1.807) is 47.7 Å². The maximum Gasteiger partial charge on any atom is 0.278 e. The molecule has 5 heterocycles. The quantitative estimate of drug-likeness (QED) is 0.284. The summed E-state index contributed by atoms with van der Waals surface area (Å²) >= 11 is 0. The van der Waals surface area contributed by atoms with Crippen LogP contribution < -0.4 is 10.9 Å². The average Bonchev–Trinajstić information content (AvgIpc) is 3.55. The van der Waals surface area contributed by atoms with Gasteiger partial charge in [-0.2, -0.15) is 9.35 Å². The van der Waals surface area contributed by atoms with Crippen molar-refractivity contribution >= 4 is 38.2 Å². The van der Waals surface area contributed by atoms with Gasteiger partial charge in [0.05, 0.1) is 12.8 Å². The first-order valence-corrected chi connectivity index (χ1v) is 15.4. The van der Waals surface area contributed by atoms with Gasteiger partial charge in [-0.15, -0.1) is 6.58 Å². The fraction of sp³-hybridized carbons (Fsp3) is 0.241. The summed E-state index contributed by atoms with van der Waals surface area (Å²) in [6, 6.07) is 13.2. The standard InChI is InChI=1S/C29H30N8O3S/c1-5-12-36-28(38)23-17-30-29(33-27(23)37(36)26-10-6-9-25(32-26)34-41(3,4)39)31-20-15-19-18-35(2)13-11-21(19)22(16-20)24-8-7-14-40-24/h5-10,14-17H,1,11-13,18H2,2-4H3,(H,30,31,33). The van der Waals surface area contributed by atoms with Crippen molar-refractivity contribution in [3.05, 3.63) is 89.1 Å². The van der Waals surface area contributed by atoms with E-state index in [1.807, 2.05) is 18.2 Å². The number of aromatic nitrogens is 5. The van der Waals surface area contributed by atoms with Crippen LogP contribution in [0.25, 0.3) is 28.2 Å². The number of allylic oxidation sites excluding steroid dienone is 1. The third kappa shape index (κ3) is 5.31. The lowest BCUT2D eigenvalue weighted by Gasteiger charge is -2.27. The van der Waals surface area contributed by atoms with Crippen molar-refractivity contribution in [3.8, 4) is 17.1 Å². The van der Waals surface area contributed by atoms with E-state index in [1.165, 1.54) is 22.0 Å². The Morgan fingerprint density at radius 3 is 2.80 bits per heavy atom. The smallest absolute Gasteiger partial charge is 0.278 e. The molecule has 0 radical (unpaired) electrons. The van der Waals surface area contributed by atoms with E-state index in [0.717, 1.165) is 36.5 Å². The molecule has 0 saturated heterocycles. The Kier molecular flexibility index (Phi) is 6.80. The molecule has 0 aliphatic carbocycles. The van der Waals surface area contributed by atoms with E-state index in [0.29, 0.717) is 28.6 Å². The van der Waals surface area contributed by atoms with E-state index in [2.05, 4.69) is 44.2 Å². The molecule has 5 aromatic rings. The second-order valence-electron chi connectivity index (χ2n) is 10.3. The van der Waals surface area contributed by atoms with Crippen molar-refractivity contribution in [2.45, 2.75) is 19.5 Å². The summed E-state index contributed by atoms with van der Waals surface area (Å²) in [4.78, 5) is 29.4. The molecule has 0 fully saturated rings. The molecule has 1 N–H and O–H groups in total. The van der Waals surface area contributed by atoms with Crippen molar-refractivity contribution in [1.82, 2.24) is 29.2 Å². The minimum Gasteiger partial charge on any atom is -0.464 e. The van der Waals surface area contributed by atoms with Gasteiger partial charge in [-0.1, -0.05) is 12.1 Å². The van der Waals surface area contributed by atoms with Crippen LogP contribution in [0.1, 0.15) is 11.1 Å². The molecule has 1 aliphatic heterocycles. The lowest BCUT2D eigenvalue weighted by Crippen LogP contribution is -2.27. The molecule has 0 bridgehead atoms. The number of likely N-dealkylation sites (N-methyl/N-ethyl adjacent to an activating group) is 1. The number of nitrogens with one attached hydrogen (secondary N) is 1. The van der Waals surface area contributed by atoms with Crippen molar-refractivity contribution < 1.29 is 8.63 Å². The van der Waals surface area contributed by atoms with Gasteiger partial charge < -0.3 is 14.6 Å². The summed E-state index contributed by atoms with van der Waals surface area (Å²) in [7, 11) is -0.325. The topological polar surface area (TPSA) is 123 Å². The Balaban J connectivity index is 1.47. The van der Waals surface area contributed by atoms with Crippen LogP contribution in [0, 0.1) is 0 Å². The van der Waals surface area contributed by atoms with Gasteiger partial charge in [-0.3, -0.25) is 4.79 Å². The molecule has 0 atom stereocenters. The van der Waals surface area contributed by atoms with Crippen LogP contribution >= 0.6 is 0 Å². The van der Waals surface area contributed by atoms with Crippen LogP contribution in [0.4, 0.5) is 17.5 Å². The third-order valence-electron chi connectivity index (χ3n) is 6.80. The summed E-state index contributed by atoms with van der Waals surface area (Å²) in [5.41, 5.74) is 4.42. The zero-order valence-electron chi connectivity index (χ0n) is 23.1. The van der Waals surface area contributed by atoms with Crippen molar-refractivity contribution in [2.75, 3.05) is 31.4 Å². The van der Waals surface area contributed by atoms with Crippen molar-refractivity contribution in [2.24, 2.45) is 4.36 Å². The first kappa shape index (κ1) is 26.7. The molecule has 4 aromatic heterocycles. The third-order valence-corrected chi connectivity index (χ3v) is 7.42. The summed E-state index contributed by atoms with van der Waals surface area (Å²) in [5.74, 6) is 1.84. The number of furan rings is 1. The fourth-order valence-electron chi connectivity index (χ4n) is 5.11. The minimum atomic E-state index is -2.43. The van der Waals surface area contributed by atoms with Gasteiger partial charge in [-0.05, 0) is 61.0 Å². The number of hydrogen-bond acceptors (Lipinski definition) is 9. The number of anilines is 2. The highest BCUT2D eigenvalue weighted by Gasteiger charge is 2.21. The highest BCUT2D eigenvalue weighted by molar-refractivity contribution is 7.92. The van der Waals surface area contributed by atoms with Crippen molar-refractivity contribution in [1.29, 1.82) is 0 Å². The van der Waals surface area contributed by atoms with Gasteiger partial charge in [0.2, 0.25) is 5.95 Å². The van der Waals surface area contributed by atoms with E-state index in [4.69, 9.17) is 9.40 Å². The second-order valence-corrected chi connectivity index (χ2v) is 12.8. The minimum absolute atomic E-state index is 0.226. The predicted octanol–water partition coefficient (Wildman–Crippen LogP) is 4.51. The van der Waals surface area contributed by atoms with Crippen LogP contribution in [-0.4, -0.2) is 59.5 Å². The van der Waals surface area contributed by atoms with Gasteiger partial charge >= 0.3 is 0 Å². The Bertz CT molecular complexity index is 1960. The van der Waals surface area contributed by atoms with E-state index in [-0.39, 0.29) is 12.1 Å². The maximum absolute atomic E-state index is 13.3. The molecule has 210 valence electrons. The lowest BCUT2D eigenvalue weighted by atomic mass is 9.92. The fourth-order valence-corrected chi connectivity index (χ4v) is 5.66. The predicted molar refractivity (Wildman–Crippen MR) is 161 cm³/mol. The molecule has 0 spiro atoms. The van der Waals surface area contributed by atoms with E-state index >= 15 is 0 Å². The van der Waals surface area contributed by atoms with Gasteiger partial charge in [0.15, 0.2) is 17.3 Å². The highest BCUT2D eigenvalue weighted by atomic mass is 32.2. The SMILES string of the molecule is C=CCn1c(=O)c2cnc(Nc3cc4c(c(-c5ccco5)c3)CCN(C)C4)nc2n1-c1cccc(N=S(C)(C)=O)n1. The molecule has 6 rings (SSSR count). The number of fused-ring (bicyclic) bond motifs is 2. The van der Waals surface area contributed by atoms with Gasteiger partial charge in [0.1, 0.15) is 11.1 Å². The number of nitrogens with zero attached hydrogens (tertiary/aromatic N) is 7. The first-order chi connectivity index (χ1) is 19.7. The van der Waals surface area contributed by atoms with Crippen molar-refractivity contribution in [3.63, 3.8) is 0 Å². The molecule has 0 unspecified atom stereocenters. The summed E-state index contributed by atoms with van der Waals surface area (Å²) in [6.45, 7) is 5.82. The number of hydrogen-bond donors (Lipinski definition) is 1. The second kappa shape index (κ2) is 10.5. The highest BCUT2D eigenvalue weighted by Crippen LogP contribution is 2.34. The largest absolute Gasteiger partial charge is 0.464 e. The van der Waals surface area contributed by atoms with Gasteiger partial charge in [-0.25, -0.2) is 23.5 Å². The lowest BCUT2D eigenvalue weighted by molar-refractivity contribution is 0.313. The molecular weight excluding hydrogens is 540 g/mol. The normalized spacial score (nSPS) is 13.7.